The number of carbonyl (C=O) groups is 2. The van der Waals surface area contributed by atoms with Crippen molar-refractivity contribution in [3.63, 3.8) is 0 Å². The van der Waals surface area contributed by atoms with E-state index in [0.717, 1.165) is 15.6 Å². The van der Waals surface area contributed by atoms with Crippen molar-refractivity contribution in [3.8, 4) is 0 Å². The lowest BCUT2D eigenvalue weighted by Crippen LogP contribution is -2.44. The fraction of sp³-hybridized carbons (Fsp3) is 0.222. The summed E-state index contributed by atoms with van der Waals surface area (Å²) in [4.78, 5) is 24.3. The number of aryl methyl sites for hydroxylation is 1. The van der Waals surface area contributed by atoms with Crippen molar-refractivity contribution in [2.45, 2.75) is 26.4 Å². The second-order valence-electron chi connectivity index (χ2n) is 5.36. The van der Waals surface area contributed by atoms with Gasteiger partial charge >= 0.3 is 0 Å². The molecule has 4 nitrogen and oxygen atoms in total. The van der Waals surface area contributed by atoms with Crippen molar-refractivity contribution in [2.75, 3.05) is 0 Å². The van der Waals surface area contributed by atoms with Gasteiger partial charge in [-0.2, -0.15) is 0 Å². The van der Waals surface area contributed by atoms with E-state index in [0.29, 0.717) is 12.1 Å². The summed E-state index contributed by atoms with van der Waals surface area (Å²) < 4.78 is 0.917. The molecule has 0 aromatic heterocycles. The first-order chi connectivity index (χ1) is 11.0. The topological polar surface area (TPSA) is 58.2 Å². The van der Waals surface area contributed by atoms with Crippen LogP contribution >= 0.6 is 15.9 Å². The molecule has 0 spiro atoms. The van der Waals surface area contributed by atoms with Crippen molar-refractivity contribution in [2.24, 2.45) is 0 Å². The van der Waals surface area contributed by atoms with E-state index in [2.05, 4.69) is 26.6 Å². The standard InChI is InChI=1S/C18H19BrN2O2/c1-12-10-15(19)8-9-16(12)18(23)21-13(2)17(22)20-11-14-6-4-3-5-7-14/h3-10,13H,11H2,1-2H3,(H,20,22)(H,21,23). The largest absolute Gasteiger partial charge is 0.350 e. The SMILES string of the molecule is Cc1cc(Br)ccc1C(=O)NC(C)C(=O)NCc1ccccc1. The highest BCUT2D eigenvalue weighted by Gasteiger charge is 2.17. The number of hydrogen-bond acceptors (Lipinski definition) is 2. The van der Waals surface area contributed by atoms with E-state index in [1.165, 1.54) is 0 Å². The summed E-state index contributed by atoms with van der Waals surface area (Å²) in [6.07, 6.45) is 0. The summed E-state index contributed by atoms with van der Waals surface area (Å²) in [7, 11) is 0. The van der Waals surface area contributed by atoms with Crippen LogP contribution in [0.1, 0.15) is 28.4 Å². The molecule has 2 aromatic rings. The van der Waals surface area contributed by atoms with Gasteiger partial charge in [-0.15, -0.1) is 0 Å². The second-order valence-corrected chi connectivity index (χ2v) is 6.27. The zero-order chi connectivity index (χ0) is 16.8. The average Bonchev–Trinajstić information content (AvgIpc) is 2.53. The summed E-state index contributed by atoms with van der Waals surface area (Å²) in [5.41, 5.74) is 2.44. The van der Waals surface area contributed by atoms with E-state index in [-0.39, 0.29) is 11.8 Å². The Kier molecular flexibility index (Phi) is 5.93. The molecule has 2 aromatic carbocycles. The third-order valence-electron chi connectivity index (χ3n) is 3.48. The summed E-state index contributed by atoms with van der Waals surface area (Å²) in [5.74, 6) is -0.464. The lowest BCUT2D eigenvalue weighted by molar-refractivity contribution is -0.122. The van der Waals surface area contributed by atoms with Crippen molar-refractivity contribution >= 4 is 27.7 Å². The Hall–Kier alpha value is -2.14. The molecular weight excluding hydrogens is 356 g/mol. The van der Waals surface area contributed by atoms with Crippen LogP contribution in [0.25, 0.3) is 0 Å². The minimum atomic E-state index is -0.603. The predicted octanol–water partition coefficient (Wildman–Crippen LogP) is 3.19. The number of nitrogens with one attached hydrogen (secondary N) is 2. The molecule has 0 radical (unpaired) electrons. The van der Waals surface area contributed by atoms with Gasteiger partial charge in [0.1, 0.15) is 6.04 Å². The van der Waals surface area contributed by atoms with Crippen LogP contribution in [0.4, 0.5) is 0 Å². The minimum Gasteiger partial charge on any atom is -0.350 e. The maximum absolute atomic E-state index is 12.3. The van der Waals surface area contributed by atoms with Crippen LogP contribution in [-0.4, -0.2) is 17.9 Å². The van der Waals surface area contributed by atoms with Crippen LogP contribution in [0.2, 0.25) is 0 Å². The molecule has 0 bridgehead atoms. The Labute approximate surface area is 144 Å². The Morgan fingerprint density at radius 3 is 2.48 bits per heavy atom. The van der Waals surface area contributed by atoms with Crippen LogP contribution in [-0.2, 0) is 11.3 Å². The summed E-state index contributed by atoms with van der Waals surface area (Å²) in [6.45, 7) is 3.98. The maximum Gasteiger partial charge on any atom is 0.252 e. The number of benzene rings is 2. The van der Waals surface area contributed by atoms with Crippen molar-refractivity contribution in [1.29, 1.82) is 0 Å². The van der Waals surface area contributed by atoms with E-state index in [1.54, 1.807) is 13.0 Å². The first-order valence-corrected chi connectivity index (χ1v) is 8.15. The Balaban J connectivity index is 1.91. The molecule has 1 unspecified atom stereocenters. The highest BCUT2D eigenvalue weighted by Crippen LogP contribution is 2.15. The highest BCUT2D eigenvalue weighted by molar-refractivity contribution is 9.10. The lowest BCUT2D eigenvalue weighted by atomic mass is 10.1. The fourth-order valence-electron chi connectivity index (χ4n) is 2.16. The van der Waals surface area contributed by atoms with Gasteiger partial charge in [0.15, 0.2) is 0 Å². The number of rotatable bonds is 5. The summed E-state index contributed by atoms with van der Waals surface area (Å²) in [6, 6.07) is 14.5. The lowest BCUT2D eigenvalue weighted by Gasteiger charge is -2.15. The van der Waals surface area contributed by atoms with Crippen molar-refractivity contribution in [1.82, 2.24) is 10.6 Å². The highest BCUT2D eigenvalue weighted by atomic mass is 79.9. The van der Waals surface area contributed by atoms with Crippen LogP contribution in [0.3, 0.4) is 0 Å². The van der Waals surface area contributed by atoms with Gasteiger partial charge in [-0.25, -0.2) is 0 Å². The van der Waals surface area contributed by atoms with Gasteiger partial charge in [0, 0.05) is 16.6 Å². The maximum atomic E-state index is 12.3. The van der Waals surface area contributed by atoms with Crippen LogP contribution < -0.4 is 10.6 Å². The second kappa shape index (κ2) is 7.92. The third-order valence-corrected chi connectivity index (χ3v) is 3.98. The van der Waals surface area contributed by atoms with Gasteiger partial charge in [0.05, 0.1) is 0 Å². The molecule has 0 saturated heterocycles. The monoisotopic (exact) mass is 374 g/mol. The molecule has 1 atom stereocenters. The molecule has 0 saturated carbocycles. The van der Waals surface area contributed by atoms with E-state index in [4.69, 9.17) is 0 Å². The van der Waals surface area contributed by atoms with Gasteiger partial charge in [0.25, 0.3) is 5.91 Å². The molecule has 23 heavy (non-hydrogen) atoms. The van der Waals surface area contributed by atoms with E-state index >= 15 is 0 Å². The molecule has 2 amide bonds. The van der Waals surface area contributed by atoms with Crippen molar-refractivity contribution in [3.05, 3.63) is 69.7 Å². The van der Waals surface area contributed by atoms with Crippen LogP contribution in [0, 0.1) is 6.92 Å². The van der Waals surface area contributed by atoms with Crippen LogP contribution in [0.15, 0.2) is 53.0 Å². The minimum absolute atomic E-state index is 0.211. The van der Waals surface area contributed by atoms with Gasteiger partial charge in [-0.05, 0) is 43.2 Å². The van der Waals surface area contributed by atoms with Gasteiger partial charge < -0.3 is 10.6 Å². The van der Waals surface area contributed by atoms with E-state index < -0.39 is 6.04 Å². The number of halogens is 1. The number of hydrogen-bond donors (Lipinski definition) is 2. The molecular formula is C18H19BrN2O2. The molecule has 2 N–H and O–H groups in total. The van der Waals surface area contributed by atoms with Gasteiger partial charge in [0.2, 0.25) is 5.91 Å². The number of carbonyl (C=O) groups excluding carboxylic acids is 2. The van der Waals surface area contributed by atoms with Crippen molar-refractivity contribution < 1.29 is 9.59 Å². The average molecular weight is 375 g/mol. The Bertz CT molecular complexity index is 701. The first kappa shape index (κ1) is 17.2. The Morgan fingerprint density at radius 2 is 1.83 bits per heavy atom. The van der Waals surface area contributed by atoms with E-state index in [9.17, 15) is 9.59 Å². The molecule has 0 aliphatic rings. The normalized spacial score (nSPS) is 11.6. The van der Waals surface area contributed by atoms with Gasteiger partial charge in [-0.3, -0.25) is 9.59 Å². The molecule has 0 aliphatic heterocycles. The zero-order valence-electron chi connectivity index (χ0n) is 13.1. The quantitative estimate of drug-likeness (QED) is 0.843. The molecule has 0 aliphatic carbocycles. The Morgan fingerprint density at radius 1 is 1.13 bits per heavy atom. The fourth-order valence-corrected chi connectivity index (χ4v) is 2.64. The van der Waals surface area contributed by atoms with Crippen LogP contribution in [0.5, 0.6) is 0 Å². The first-order valence-electron chi connectivity index (χ1n) is 7.36. The van der Waals surface area contributed by atoms with Gasteiger partial charge in [-0.1, -0.05) is 46.3 Å². The molecule has 120 valence electrons. The predicted molar refractivity (Wildman–Crippen MR) is 94.1 cm³/mol. The third kappa shape index (κ3) is 4.93. The molecule has 0 heterocycles. The van der Waals surface area contributed by atoms with E-state index in [1.807, 2.05) is 49.4 Å². The zero-order valence-corrected chi connectivity index (χ0v) is 14.7. The summed E-state index contributed by atoms with van der Waals surface area (Å²) >= 11 is 3.37. The molecule has 0 fully saturated rings. The number of amides is 2. The summed E-state index contributed by atoms with van der Waals surface area (Å²) in [5, 5.41) is 5.54. The smallest absolute Gasteiger partial charge is 0.252 e. The molecule has 2 rings (SSSR count). The molecule has 5 heteroatoms.